The summed E-state index contributed by atoms with van der Waals surface area (Å²) in [6.07, 6.45) is 0. The highest BCUT2D eigenvalue weighted by molar-refractivity contribution is 5.93. The van der Waals surface area contributed by atoms with Crippen molar-refractivity contribution in [3.8, 4) is 33.4 Å². The topological polar surface area (TPSA) is 3.24 Å². The van der Waals surface area contributed by atoms with Crippen LogP contribution >= 0.6 is 0 Å². The Balaban J connectivity index is 1.24. The molecule has 2 aliphatic rings. The number of hydrogen-bond acceptors (Lipinski definition) is 1. The minimum atomic E-state index is -0.495. The van der Waals surface area contributed by atoms with Crippen LogP contribution < -0.4 is 4.90 Å². The van der Waals surface area contributed by atoms with E-state index in [1.54, 1.807) is 0 Å². The van der Waals surface area contributed by atoms with E-state index in [0.29, 0.717) is 0 Å². The molecular formula is C56H47N. The molecule has 0 fully saturated rings. The maximum absolute atomic E-state index is 2.52. The number of nitrogens with zero attached hydrogens (tertiary/aromatic N) is 1. The Morgan fingerprint density at radius 2 is 0.789 bits per heavy atom. The number of benzene rings is 8. The summed E-state index contributed by atoms with van der Waals surface area (Å²) in [7, 11) is 0. The van der Waals surface area contributed by atoms with E-state index < -0.39 is 5.41 Å². The van der Waals surface area contributed by atoms with E-state index in [1.807, 2.05) is 0 Å². The van der Waals surface area contributed by atoms with Gasteiger partial charge in [0.2, 0.25) is 0 Å². The van der Waals surface area contributed by atoms with Crippen molar-refractivity contribution >= 4 is 17.1 Å². The fourth-order valence-electron chi connectivity index (χ4n) is 10.0. The summed E-state index contributed by atoms with van der Waals surface area (Å²) in [6, 6.07) is 72.3. The van der Waals surface area contributed by atoms with E-state index in [-0.39, 0.29) is 10.8 Å². The Labute approximate surface area is 337 Å². The lowest BCUT2D eigenvalue weighted by Gasteiger charge is -2.46. The van der Waals surface area contributed by atoms with Gasteiger partial charge in [0.05, 0.1) is 5.41 Å². The van der Waals surface area contributed by atoms with Crippen molar-refractivity contribution in [1.29, 1.82) is 0 Å². The molecule has 1 nitrogen and oxygen atoms in total. The van der Waals surface area contributed by atoms with Gasteiger partial charge in [0, 0.05) is 22.5 Å². The molecule has 0 unspecified atom stereocenters. The van der Waals surface area contributed by atoms with Gasteiger partial charge < -0.3 is 4.90 Å². The second kappa shape index (κ2) is 13.1. The minimum absolute atomic E-state index is 0.0488. The minimum Gasteiger partial charge on any atom is -0.310 e. The summed E-state index contributed by atoms with van der Waals surface area (Å²) in [5.41, 5.74) is 19.8. The van der Waals surface area contributed by atoms with Gasteiger partial charge in [-0.15, -0.1) is 0 Å². The van der Waals surface area contributed by atoms with E-state index in [9.17, 15) is 0 Å². The highest BCUT2D eigenvalue weighted by Gasteiger charge is 2.54. The zero-order valence-electron chi connectivity index (χ0n) is 33.4. The SMILES string of the molecule is CC(C)(C)c1cccc2c1-c1ccc(N(c3ccc(-c4ccccc4)cc3)c3ccc(-c4ccccc4)cc3)cc1C21c2ccccc2C(C)(C)c2ccccc21. The molecule has 0 bridgehead atoms. The van der Waals surface area contributed by atoms with Gasteiger partial charge in [-0.1, -0.05) is 192 Å². The Hall–Kier alpha value is -6.44. The second-order valence-electron chi connectivity index (χ2n) is 17.3. The molecule has 0 N–H and O–H groups in total. The zero-order chi connectivity index (χ0) is 38.9. The van der Waals surface area contributed by atoms with Gasteiger partial charge in [-0.2, -0.15) is 0 Å². The molecule has 0 amide bonds. The Morgan fingerprint density at radius 1 is 0.368 bits per heavy atom. The smallest absolute Gasteiger partial charge is 0.0720 e. The molecular weight excluding hydrogens is 687 g/mol. The van der Waals surface area contributed by atoms with Gasteiger partial charge in [-0.05, 0) is 114 Å². The molecule has 2 aliphatic carbocycles. The van der Waals surface area contributed by atoms with Gasteiger partial charge in [-0.3, -0.25) is 0 Å². The van der Waals surface area contributed by atoms with Crippen LogP contribution in [0.3, 0.4) is 0 Å². The summed E-state index contributed by atoms with van der Waals surface area (Å²) >= 11 is 0. The maximum atomic E-state index is 2.52. The van der Waals surface area contributed by atoms with Crippen molar-refractivity contribution in [2.75, 3.05) is 4.90 Å². The van der Waals surface area contributed by atoms with Crippen molar-refractivity contribution in [2.24, 2.45) is 0 Å². The third-order valence-electron chi connectivity index (χ3n) is 12.7. The average molecular weight is 734 g/mol. The lowest BCUT2D eigenvalue weighted by Crippen LogP contribution is -2.40. The summed E-state index contributed by atoms with van der Waals surface area (Å²) in [4.78, 5) is 2.44. The fraction of sp³-hybridized carbons (Fsp3) is 0.143. The van der Waals surface area contributed by atoms with Crippen molar-refractivity contribution in [3.05, 3.63) is 233 Å². The first-order chi connectivity index (χ1) is 27.7. The molecule has 276 valence electrons. The second-order valence-corrected chi connectivity index (χ2v) is 17.3. The van der Waals surface area contributed by atoms with Crippen LogP contribution in [-0.2, 0) is 16.2 Å². The van der Waals surface area contributed by atoms with E-state index in [2.05, 4.69) is 234 Å². The van der Waals surface area contributed by atoms with Gasteiger partial charge in [0.1, 0.15) is 0 Å². The molecule has 0 saturated carbocycles. The van der Waals surface area contributed by atoms with Gasteiger partial charge in [-0.25, -0.2) is 0 Å². The summed E-state index contributed by atoms with van der Waals surface area (Å²) in [5.74, 6) is 0. The third-order valence-corrected chi connectivity index (χ3v) is 12.7. The molecule has 1 heteroatoms. The van der Waals surface area contributed by atoms with Crippen LogP contribution in [0.5, 0.6) is 0 Å². The third kappa shape index (κ3) is 5.36. The molecule has 0 aromatic heterocycles. The summed E-state index contributed by atoms with van der Waals surface area (Å²) in [6.45, 7) is 11.9. The van der Waals surface area contributed by atoms with Crippen molar-refractivity contribution in [1.82, 2.24) is 0 Å². The number of rotatable bonds is 5. The number of hydrogen-bond donors (Lipinski definition) is 0. The predicted molar refractivity (Wildman–Crippen MR) is 240 cm³/mol. The van der Waals surface area contributed by atoms with E-state index >= 15 is 0 Å². The van der Waals surface area contributed by atoms with Crippen molar-refractivity contribution < 1.29 is 0 Å². The average Bonchev–Trinajstić information content (AvgIpc) is 3.54. The molecule has 1 spiro atoms. The molecule has 0 radical (unpaired) electrons. The largest absolute Gasteiger partial charge is 0.310 e. The van der Waals surface area contributed by atoms with Crippen molar-refractivity contribution in [2.45, 2.75) is 50.9 Å². The van der Waals surface area contributed by atoms with E-state index in [4.69, 9.17) is 0 Å². The van der Waals surface area contributed by atoms with Crippen LogP contribution in [0.1, 0.15) is 73.6 Å². The fourth-order valence-corrected chi connectivity index (χ4v) is 10.0. The van der Waals surface area contributed by atoms with E-state index in [0.717, 1.165) is 17.1 Å². The molecule has 0 aliphatic heterocycles. The number of fused-ring (bicyclic) bond motifs is 9. The number of anilines is 3. The lowest BCUT2D eigenvalue weighted by molar-refractivity contribution is 0.561. The zero-order valence-corrected chi connectivity index (χ0v) is 33.4. The first-order valence-electron chi connectivity index (χ1n) is 20.3. The Kier molecular flexibility index (Phi) is 8.03. The van der Waals surface area contributed by atoms with Crippen LogP contribution in [0.25, 0.3) is 33.4 Å². The van der Waals surface area contributed by atoms with Crippen LogP contribution in [0.4, 0.5) is 17.1 Å². The first kappa shape index (κ1) is 35.0. The Bertz CT molecular complexity index is 2630. The quantitative estimate of drug-likeness (QED) is 0.170. The van der Waals surface area contributed by atoms with Crippen LogP contribution in [-0.4, -0.2) is 0 Å². The van der Waals surface area contributed by atoms with Crippen molar-refractivity contribution in [3.63, 3.8) is 0 Å². The van der Waals surface area contributed by atoms with Crippen LogP contribution in [0, 0.1) is 0 Å². The lowest BCUT2D eigenvalue weighted by atomic mass is 9.55. The van der Waals surface area contributed by atoms with Gasteiger partial charge >= 0.3 is 0 Å². The normalized spacial score (nSPS) is 14.3. The molecule has 0 saturated heterocycles. The predicted octanol–water partition coefficient (Wildman–Crippen LogP) is 14.8. The first-order valence-corrected chi connectivity index (χ1v) is 20.3. The molecule has 10 rings (SSSR count). The van der Waals surface area contributed by atoms with Gasteiger partial charge in [0.15, 0.2) is 0 Å². The molecule has 8 aromatic carbocycles. The molecule has 8 aromatic rings. The monoisotopic (exact) mass is 733 g/mol. The van der Waals surface area contributed by atoms with Gasteiger partial charge in [0.25, 0.3) is 0 Å². The standard InChI is InChI=1S/C56H47N/c1-54(2,3)50-25-16-26-51-53(50)45-36-35-44(37-52(45)56(51)48-23-14-12-21-46(48)55(4,5)47-22-13-15-24-49(47)56)57(42-31-27-40(28-32-42)38-17-8-6-9-18-38)43-33-29-41(30-34-43)39-19-10-7-11-20-39/h6-37H,1-5H3. The molecule has 0 heterocycles. The summed E-state index contributed by atoms with van der Waals surface area (Å²) < 4.78 is 0. The maximum Gasteiger partial charge on any atom is 0.0720 e. The highest BCUT2D eigenvalue weighted by Crippen LogP contribution is 2.64. The van der Waals surface area contributed by atoms with Crippen LogP contribution in [0.15, 0.2) is 194 Å². The molecule has 0 atom stereocenters. The Morgan fingerprint density at radius 3 is 1.28 bits per heavy atom. The van der Waals surface area contributed by atoms with Crippen LogP contribution in [0.2, 0.25) is 0 Å². The van der Waals surface area contributed by atoms with E-state index in [1.165, 1.54) is 72.3 Å². The highest BCUT2D eigenvalue weighted by atomic mass is 15.1. The molecule has 57 heavy (non-hydrogen) atoms. The summed E-state index contributed by atoms with van der Waals surface area (Å²) in [5, 5.41) is 0.